The maximum absolute atomic E-state index is 2.40. The van der Waals surface area contributed by atoms with Crippen LogP contribution in [-0.2, 0) is 6.42 Å². The van der Waals surface area contributed by atoms with Crippen molar-refractivity contribution in [3.8, 4) is 0 Å². The molecular formula is C19H32. The summed E-state index contributed by atoms with van der Waals surface area (Å²) in [5.74, 6) is 0.730. The van der Waals surface area contributed by atoms with Crippen LogP contribution < -0.4 is 0 Å². The lowest BCUT2D eigenvalue weighted by Gasteiger charge is -2.16. The number of aryl methyl sites for hydroxylation is 1. The quantitative estimate of drug-likeness (QED) is 0.422. The number of hydrogen-bond acceptors (Lipinski definition) is 0. The van der Waals surface area contributed by atoms with Crippen molar-refractivity contribution in [1.29, 1.82) is 0 Å². The van der Waals surface area contributed by atoms with Gasteiger partial charge in [-0.2, -0.15) is 0 Å². The van der Waals surface area contributed by atoms with Crippen molar-refractivity contribution in [2.75, 3.05) is 0 Å². The van der Waals surface area contributed by atoms with Crippen LogP contribution in [0.25, 0.3) is 0 Å². The van der Waals surface area contributed by atoms with E-state index in [1.807, 2.05) is 0 Å². The minimum absolute atomic E-state index is 0.730. The van der Waals surface area contributed by atoms with E-state index in [1.165, 1.54) is 57.8 Å². The van der Waals surface area contributed by atoms with Gasteiger partial charge in [0.2, 0.25) is 0 Å². The molecule has 1 atom stereocenters. The van der Waals surface area contributed by atoms with Gasteiger partial charge in [-0.25, -0.2) is 0 Å². The fourth-order valence-corrected chi connectivity index (χ4v) is 2.90. The first kappa shape index (κ1) is 16.3. The summed E-state index contributed by atoms with van der Waals surface area (Å²) in [5.41, 5.74) is 3.17. The molecule has 0 N–H and O–H groups in total. The number of benzene rings is 1. The first-order chi connectivity index (χ1) is 9.29. The Kier molecular flexibility index (Phi) is 8.62. The highest BCUT2D eigenvalue weighted by molar-refractivity contribution is 5.30. The van der Waals surface area contributed by atoms with E-state index in [2.05, 4.69) is 45.0 Å². The van der Waals surface area contributed by atoms with Gasteiger partial charge in [-0.1, -0.05) is 90.0 Å². The molecule has 0 heteroatoms. The van der Waals surface area contributed by atoms with Crippen LogP contribution in [0.4, 0.5) is 0 Å². The Morgan fingerprint density at radius 1 is 0.842 bits per heavy atom. The third-order valence-electron chi connectivity index (χ3n) is 4.10. The maximum Gasteiger partial charge on any atom is -0.0188 e. The van der Waals surface area contributed by atoms with Gasteiger partial charge in [0.1, 0.15) is 0 Å². The van der Waals surface area contributed by atoms with Crippen LogP contribution >= 0.6 is 0 Å². The minimum atomic E-state index is 0.730. The molecule has 0 heterocycles. The lowest BCUT2D eigenvalue weighted by Crippen LogP contribution is -1.99. The van der Waals surface area contributed by atoms with Crippen LogP contribution in [-0.4, -0.2) is 0 Å². The van der Waals surface area contributed by atoms with Gasteiger partial charge in [-0.05, 0) is 29.9 Å². The Balaban J connectivity index is 2.34. The molecule has 0 saturated carbocycles. The van der Waals surface area contributed by atoms with Crippen LogP contribution in [0.1, 0.15) is 89.2 Å². The second-order valence-corrected chi connectivity index (χ2v) is 5.91. The molecule has 0 aliphatic carbocycles. The average Bonchev–Trinajstić information content (AvgIpc) is 2.43. The zero-order valence-corrected chi connectivity index (χ0v) is 13.3. The molecule has 0 aromatic heterocycles. The number of hydrogen-bond donors (Lipinski definition) is 0. The Bertz CT molecular complexity index is 327. The molecule has 0 spiro atoms. The highest BCUT2D eigenvalue weighted by Gasteiger charge is 2.09. The zero-order valence-electron chi connectivity index (χ0n) is 13.3. The Morgan fingerprint density at radius 3 is 2.26 bits per heavy atom. The molecule has 0 nitrogen and oxygen atoms in total. The van der Waals surface area contributed by atoms with Crippen molar-refractivity contribution in [2.24, 2.45) is 0 Å². The van der Waals surface area contributed by atoms with Crippen LogP contribution in [0.2, 0.25) is 0 Å². The Morgan fingerprint density at radius 2 is 1.53 bits per heavy atom. The van der Waals surface area contributed by atoms with Crippen molar-refractivity contribution in [3.05, 3.63) is 35.4 Å². The molecule has 108 valence electrons. The molecule has 0 radical (unpaired) electrons. The van der Waals surface area contributed by atoms with E-state index < -0.39 is 0 Å². The molecule has 0 aliphatic rings. The number of rotatable bonds is 10. The normalized spacial score (nSPS) is 12.6. The van der Waals surface area contributed by atoms with Crippen molar-refractivity contribution in [1.82, 2.24) is 0 Å². The molecule has 1 rings (SSSR count). The van der Waals surface area contributed by atoms with Gasteiger partial charge < -0.3 is 0 Å². The van der Waals surface area contributed by atoms with E-state index in [-0.39, 0.29) is 0 Å². The third kappa shape index (κ3) is 6.27. The second kappa shape index (κ2) is 10.1. The van der Waals surface area contributed by atoms with E-state index in [0.717, 1.165) is 5.92 Å². The van der Waals surface area contributed by atoms with Crippen LogP contribution in [0, 0.1) is 0 Å². The highest BCUT2D eigenvalue weighted by atomic mass is 14.1. The Hall–Kier alpha value is -0.780. The van der Waals surface area contributed by atoms with Crippen molar-refractivity contribution in [3.63, 3.8) is 0 Å². The van der Waals surface area contributed by atoms with E-state index in [1.54, 1.807) is 11.1 Å². The van der Waals surface area contributed by atoms with Gasteiger partial charge in [-0.3, -0.25) is 0 Å². The van der Waals surface area contributed by atoms with Gasteiger partial charge in [-0.15, -0.1) is 0 Å². The zero-order chi connectivity index (χ0) is 13.9. The summed E-state index contributed by atoms with van der Waals surface area (Å²) in [4.78, 5) is 0. The minimum Gasteiger partial charge on any atom is -0.0654 e. The van der Waals surface area contributed by atoms with Gasteiger partial charge in [0.15, 0.2) is 0 Å². The van der Waals surface area contributed by atoms with E-state index in [9.17, 15) is 0 Å². The summed E-state index contributed by atoms with van der Waals surface area (Å²) < 4.78 is 0. The lowest BCUT2D eigenvalue weighted by atomic mass is 9.89. The van der Waals surface area contributed by atoms with Crippen LogP contribution in [0.3, 0.4) is 0 Å². The predicted octanol–water partition coefficient (Wildman–Crippen LogP) is 6.49. The van der Waals surface area contributed by atoms with Crippen LogP contribution in [0.5, 0.6) is 0 Å². The van der Waals surface area contributed by atoms with Crippen molar-refractivity contribution in [2.45, 2.75) is 84.5 Å². The molecule has 0 saturated heterocycles. The van der Waals surface area contributed by atoms with Gasteiger partial charge in [0.05, 0.1) is 0 Å². The molecule has 19 heavy (non-hydrogen) atoms. The smallest absolute Gasteiger partial charge is 0.0188 e. The van der Waals surface area contributed by atoms with Gasteiger partial charge in [0, 0.05) is 0 Å². The number of unbranched alkanes of at least 4 members (excludes halogenated alkanes) is 5. The molecule has 1 aromatic rings. The summed E-state index contributed by atoms with van der Waals surface area (Å²) in [5, 5.41) is 0. The summed E-state index contributed by atoms with van der Waals surface area (Å²) in [7, 11) is 0. The molecule has 1 aromatic carbocycles. The van der Waals surface area contributed by atoms with Crippen LogP contribution in [0.15, 0.2) is 24.3 Å². The molecule has 0 amide bonds. The van der Waals surface area contributed by atoms with E-state index >= 15 is 0 Å². The topological polar surface area (TPSA) is 0 Å². The van der Waals surface area contributed by atoms with E-state index in [4.69, 9.17) is 0 Å². The van der Waals surface area contributed by atoms with Gasteiger partial charge in [0.25, 0.3) is 0 Å². The predicted molar refractivity (Wildman–Crippen MR) is 86.8 cm³/mol. The summed E-state index contributed by atoms with van der Waals surface area (Å²) in [6, 6.07) is 9.04. The third-order valence-corrected chi connectivity index (χ3v) is 4.10. The SMILES string of the molecule is CCCCCCCCC(C)c1ccccc1CCC. The fourth-order valence-electron chi connectivity index (χ4n) is 2.90. The largest absolute Gasteiger partial charge is 0.0654 e. The van der Waals surface area contributed by atoms with Crippen molar-refractivity contribution >= 4 is 0 Å². The monoisotopic (exact) mass is 260 g/mol. The van der Waals surface area contributed by atoms with Gasteiger partial charge >= 0.3 is 0 Å². The standard InChI is InChI=1S/C19H32/c1-4-6-7-8-9-10-14-17(3)19-16-12-11-15-18(19)13-5-2/h11-12,15-17H,4-10,13-14H2,1-3H3. The molecule has 0 aliphatic heterocycles. The highest BCUT2D eigenvalue weighted by Crippen LogP contribution is 2.26. The summed E-state index contributed by atoms with van der Waals surface area (Å²) in [6.45, 7) is 6.96. The molecular weight excluding hydrogens is 228 g/mol. The first-order valence-electron chi connectivity index (χ1n) is 8.37. The molecule has 1 unspecified atom stereocenters. The maximum atomic E-state index is 2.40. The average molecular weight is 260 g/mol. The summed E-state index contributed by atoms with van der Waals surface area (Å²) >= 11 is 0. The van der Waals surface area contributed by atoms with E-state index in [0.29, 0.717) is 0 Å². The van der Waals surface area contributed by atoms with Crippen molar-refractivity contribution < 1.29 is 0 Å². The first-order valence-corrected chi connectivity index (χ1v) is 8.37. The molecule has 0 fully saturated rings. The Labute approximate surface area is 120 Å². The summed E-state index contributed by atoms with van der Waals surface area (Å²) in [6.07, 6.45) is 12.3. The second-order valence-electron chi connectivity index (χ2n) is 5.91. The molecule has 0 bridgehead atoms. The lowest BCUT2D eigenvalue weighted by molar-refractivity contribution is 0.555. The fraction of sp³-hybridized carbons (Fsp3) is 0.684.